The second-order valence-electron chi connectivity index (χ2n) is 9.42. The molecule has 2 aliphatic heterocycles. The Balaban J connectivity index is 1.32. The van der Waals surface area contributed by atoms with E-state index in [2.05, 4.69) is 12.2 Å². The first-order chi connectivity index (χ1) is 17.6. The highest BCUT2D eigenvalue weighted by Crippen LogP contribution is 2.27. The van der Waals surface area contributed by atoms with E-state index >= 15 is 0 Å². The van der Waals surface area contributed by atoms with Gasteiger partial charge < -0.3 is 10.1 Å². The molecular formula is C25H32ClN3O6S2. The molecule has 2 fully saturated rings. The van der Waals surface area contributed by atoms with Crippen LogP contribution in [0.5, 0.6) is 5.75 Å². The minimum atomic E-state index is -3.71. The number of nitrogens with one attached hydrogen (secondary N) is 1. The SMILES string of the molecule is CC1CCN(S(=O)(=O)c2ccc(Cl)c(C(=O)NCCOc3ccc(S(=O)(=O)N4CCCC4)cc3)c2)CC1. The lowest BCUT2D eigenvalue weighted by atomic mass is 10.0. The highest BCUT2D eigenvalue weighted by molar-refractivity contribution is 7.89. The van der Waals surface area contributed by atoms with Gasteiger partial charge in [0.2, 0.25) is 20.0 Å². The van der Waals surface area contributed by atoms with Gasteiger partial charge in [-0.15, -0.1) is 0 Å². The van der Waals surface area contributed by atoms with Crippen LogP contribution in [0.3, 0.4) is 0 Å². The van der Waals surface area contributed by atoms with Crippen LogP contribution < -0.4 is 10.1 Å². The quantitative estimate of drug-likeness (QED) is 0.463. The Labute approximate surface area is 223 Å². The summed E-state index contributed by atoms with van der Waals surface area (Å²) in [6.45, 7) is 4.36. The van der Waals surface area contributed by atoms with Crippen LogP contribution in [-0.2, 0) is 20.0 Å². The maximum atomic E-state index is 13.0. The highest BCUT2D eigenvalue weighted by Gasteiger charge is 2.29. The molecule has 0 aromatic heterocycles. The van der Waals surface area contributed by atoms with Crippen molar-refractivity contribution in [2.75, 3.05) is 39.3 Å². The Kier molecular flexibility index (Phi) is 8.80. The lowest BCUT2D eigenvalue weighted by Gasteiger charge is -2.29. The number of rotatable bonds is 9. The number of carbonyl (C=O) groups is 1. The molecule has 2 saturated heterocycles. The van der Waals surface area contributed by atoms with Gasteiger partial charge in [-0.2, -0.15) is 8.61 Å². The van der Waals surface area contributed by atoms with Crippen LogP contribution in [0.1, 0.15) is 43.0 Å². The second kappa shape index (κ2) is 11.7. The van der Waals surface area contributed by atoms with E-state index < -0.39 is 26.0 Å². The fourth-order valence-electron chi connectivity index (χ4n) is 4.43. The van der Waals surface area contributed by atoms with Crippen molar-refractivity contribution in [1.82, 2.24) is 13.9 Å². The summed E-state index contributed by atoms with van der Waals surface area (Å²) in [7, 11) is -7.20. The highest BCUT2D eigenvalue weighted by atomic mass is 35.5. The van der Waals surface area contributed by atoms with Crippen molar-refractivity contribution in [3.8, 4) is 5.75 Å². The van der Waals surface area contributed by atoms with Crippen LogP contribution in [0.2, 0.25) is 5.02 Å². The molecule has 202 valence electrons. The standard InChI is InChI=1S/C25H32ClN3O6S2/c1-19-10-15-29(16-11-19)37(33,34)22-8-9-24(26)23(18-22)25(30)27-12-17-35-20-4-6-21(7-5-20)36(31,32)28-13-2-3-14-28/h4-9,18-19H,2-3,10-17H2,1H3,(H,27,30). The Morgan fingerprint density at radius 1 is 0.919 bits per heavy atom. The molecule has 12 heteroatoms. The van der Waals surface area contributed by atoms with E-state index in [1.165, 1.54) is 38.9 Å². The lowest BCUT2D eigenvalue weighted by molar-refractivity contribution is 0.0947. The largest absolute Gasteiger partial charge is 0.492 e. The van der Waals surface area contributed by atoms with Crippen molar-refractivity contribution in [2.45, 2.75) is 42.4 Å². The predicted molar refractivity (Wildman–Crippen MR) is 141 cm³/mol. The Bertz CT molecular complexity index is 1320. The van der Waals surface area contributed by atoms with Gasteiger partial charge in [0.1, 0.15) is 12.4 Å². The number of benzene rings is 2. The van der Waals surface area contributed by atoms with Crippen LogP contribution in [0.4, 0.5) is 0 Å². The van der Waals surface area contributed by atoms with Gasteiger partial charge in [-0.25, -0.2) is 16.8 Å². The zero-order valence-electron chi connectivity index (χ0n) is 20.7. The van der Waals surface area contributed by atoms with E-state index in [4.69, 9.17) is 16.3 Å². The van der Waals surface area contributed by atoms with Crippen LogP contribution in [0.15, 0.2) is 52.3 Å². The first-order valence-electron chi connectivity index (χ1n) is 12.4. The maximum absolute atomic E-state index is 13.0. The summed E-state index contributed by atoms with van der Waals surface area (Å²) in [4.78, 5) is 13.0. The summed E-state index contributed by atoms with van der Waals surface area (Å²) in [5.41, 5.74) is 0.0737. The van der Waals surface area contributed by atoms with E-state index in [0.29, 0.717) is 37.8 Å². The minimum Gasteiger partial charge on any atom is -0.492 e. The molecule has 0 aliphatic carbocycles. The smallest absolute Gasteiger partial charge is 0.252 e. The van der Waals surface area contributed by atoms with E-state index in [0.717, 1.165) is 25.7 Å². The molecule has 1 amide bonds. The number of amides is 1. The maximum Gasteiger partial charge on any atom is 0.252 e. The van der Waals surface area contributed by atoms with Crippen molar-refractivity contribution >= 4 is 37.6 Å². The van der Waals surface area contributed by atoms with E-state index in [1.54, 1.807) is 12.1 Å². The number of carbonyl (C=O) groups excluding carboxylic acids is 1. The molecule has 2 aromatic rings. The van der Waals surface area contributed by atoms with Gasteiger partial charge in [-0.1, -0.05) is 18.5 Å². The van der Waals surface area contributed by atoms with Crippen LogP contribution in [0.25, 0.3) is 0 Å². The zero-order valence-corrected chi connectivity index (χ0v) is 23.1. The second-order valence-corrected chi connectivity index (χ2v) is 13.7. The summed E-state index contributed by atoms with van der Waals surface area (Å²) in [6, 6.07) is 10.3. The summed E-state index contributed by atoms with van der Waals surface area (Å²) >= 11 is 6.20. The van der Waals surface area contributed by atoms with Gasteiger partial charge in [-0.05, 0) is 74.1 Å². The summed E-state index contributed by atoms with van der Waals surface area (Å²) in [5.74, 6) is 0.447. The topological polar surface area (TPSA) is 113 Å². The third kappa shape index (κ3) is 6.46. The molecule has 0 radical (unpaired) electrons. The zero-order chi connectivity index (χ0) is 26.6. The minimum absolute atomic E-state index is 0.0387. The summed E-state index contributed by atoms with van der Waals surface area (Å²) in [6.07, 6.45) is 3.35. The van der Waals surface area contributed by atoms with Gasteiger partial charge in [0.15, 0.2) is 0 Å². The molecule has 0 bridgehead atoms. The number of hydrogen-bond donors (Lipinski definition) is 1. The van der Waals surface area contributed by atoms with Crippen LogP contribution in [0, 0.1) is 5.92 Å². The molecule has 2 heterocycles. The van der Waals surface area contributed by atoms with Gasteiger partial charge in [-0.3, -0.25) is 4.79 Å². The van der Waals surface area contributed by atoms with Crippen molar-refractivity contribution in [2.24, 2.45) is 5.92 Å². The fourth-order valence-corrected chi connectivity index (χ4v) is 7.64. The molecule has 0 unspecified atom stereocenters. The average Bonchev–Trinajstić information content (AvgIpc) is 3.43. The van der Waals surface area contributed by atoms with E-state index in [1.807, 2.05) is 0 Å². The molecule has 4 rings (SSSR count). The van der Waals surface area contributed by atoms with Gasteiger partial charge >= 0.3 is 0 Å². The third-order valence-electron chi connectivity index (χ3n) is 6.75. The molecule has 0 atom stereocenters. The van der Waals surface area contributed by atoms with Crippen molar-refractivity contribution in [3.05, 3.63) is 53.1 Å². The number of hydrogen-bond acceptors (Lipinski definition) is 6. The first kappa shape index (κ1) is 27.8. The number of sulfonamides is 2. The molecule has 0 saturated carbocycles. The first-order valence-corrected chi connectivity index (χ1v) is 15.7. The Hall–Kier alpha value is -2.18. The third-order valence-corrected chi connectivity index (χ3v) is 10.9. The lowest BCUT2D eigenvalue weighted by Crippen LogP contribution is -2.38. The van der Waals surface area contributed by atoms with Gasteiger partial charge in [0.05, 0.1) is 26.9 Å². The molecule has 2 aromatic carbocycles. The molecule has 0 spiro atoms. The van der Waals surface area contributed by atoms with Crippen molar-refractivity contribution in [1.29, 1.82) is 0 Å². The number of nitrogens with zero attached hydrogens (tertiary/aromatic N) is 2. The normalized spacial score (nSPS) is 18.1. The molecular weight excluding hydrogens is 538 g/mol. The van der Waals surface area contributed by atoms with E-state index in [9.17, 15) is 21.6 Å². The van der Waals surface area contributed by atoms with E-state index in [-0.39, 0.29) is 33.5 Å². The molecule has 1 N–H and O–H groups in total. The van der Waals surface area contributed by atoms with Crippen LogP contribution in [-0.4, -0.2) is 70.7 Å². The molecule has 2 aliphatic rings. The number of piperidine rings is 1. The predicted octanol–water partition coefficient (Wildman–Crippen LogP) is 3.35. The molecule has 9 nitrogen and oxygen atoms in total. The number of ether oxygens (including phenoxy) is 1. The van der Waals surface area contributed by atoms with Gasteiger partial charge in [0, 0.05) is 26.2 Å². The summed E-state index contributed by atoms with van der Waals surface area (Å²) < 4.78 is 59.9. The van der Waals surface area contributed by atoms with Crippen molar-refractivity contribution < 1.29 is 26.4 Å². The molecule has 37 heavy (non-hydrogen) atoms. The Morgan fingerprint density at radius 3 is 2.14 bits per heavy atom. The van der Waals surface area contributed by atoms with Crippen LogP contribution >= 0.6 is 11.6 Å². The van der Waals surface area contributed by atoms with Crippen molar-refractivity contribution in [3.63, 3.8) is 0 Å². The number of halogens is 1. The summed E-state index contributed by atoms with van der Waals surface area (Å²) in [5, 5.41) is 2.84. The average molecular weight is 570 g/mol. The monoisotopic (exact) mass is 569 g/mol. The fraction of sp³-hybridized carbons (Fsp3) is 0.480. The van der Waals surface area contributed by atoms with Gasteiger partial charge in [0.25, 0.3) is 5.91 Å². The Morgan fingerprint density at radius 2 is 1.49 bits per heavy atom.